The van der Waals surface area contributed by atoms with Crippen LogP contribution in [0.1, 0.15) is 69.5 Å². The van der Waals surface area contributed by atoms with Crippen molar-refractivity contribution in [1.82, 2.24) is 9.80 Å². The Balaban J connectivity index is 1.62. The third-order valence-corrected chi connectivity index (χ3v) is 5.76. The van der Waals surface area contributed by atoms with Gasteiger partial charge in [-0.3, -0.25) is 9.59 Å². The highest BCUT2D eigenvalue weighted by molar-refractivity contribution is 5.87. The van der Waals surface area contributed by atoms with Crippen molar-refractivity contribution in [3.05, 3.63) is 35.4 Å². The Kier molecular flexibility index (Phi) is 6.33. The first-order valence-electron chi connectivity index (χ1n) is 10.3. The second kappa shape index (κ2) is 8.70. The van der Waals surface area contributed by atoms with Crippen LogP contribution in [0.2, 0.25) is 0 Å². The summed E-state index contributed by atoms with van der Waals surface area (Å²) in [7, 11) is 0. The number of amides is 2. The van der Waals surface area contributed by atoms with Gasteiger partial charge < -0.3 is 9.80 Å². The van der Waals surface area contributed by atoms with Gasteiger partial charge in [0.15, 0.2) is 0 Å². The van der Waals surface area contributed by atoms with Gasteiger partial charge >= 0.3 is 0 Å². The minimum absolute atomic E-state index is 0.0884. The Morgan fingerprint density at radius 2 is 1.92 bits per heavy atom. The molecule has 0 aromatic heterocycles. The van der Waals surface area contributed by atoms with Gasteiger partial charge in [0.25, 0.3) is 0 Å². The molecule has 4 nitrogen and oxygen atoms in total. The molecule has 1 aliphatic heterocycles. The SMILES string of the molecule is CCCCCCN(CC(=O)N1CCc2ccccc2C1C)C(=O)C1CC1. The molecule has 0 spiro atoms. The maximum absolute atomic E-state index is 13.0. The average molecular weight is 357 g/mol. The summed E-state index contributed by atoms with van der Waals surface area (Å²) in [5.41, 5.74) is 2.59. The minimum atomic E-state index is 0.0884. The molecule has 1 fully saturated rings. The van der Waals surface area contributed by atoms with Crippen LogP contribution >= 0.6 is 0 Å². The summed E-state index contributed by atoms with van der Waals surface area (Å²) < 4.78 is 0. The summed E-state index contributed by atoms with van der Waals surface area (Å²) in [6, 6.07) is 8.47. The Labute approximate surface area is 157 Å². The molecule has 0 bridgehead atoms. The lowest BCUT2D eigenvalue weighted by Crippen LogP contribution is -2.46. The summed E-state index contributed by atoms with van der Waals surface area (Å²) in [5, 5.41) is 0. The van der Waals surface area contributed by atoms with E-state index >= 15 is 0 Å². The van der Waals surface area contributed by atoms with Crippen molar-refractivity contribution >= 4 is 11.8 Å². The Morgan fingerprint density at radius 1 is 1.15 bits per heavy atom. The monoisotopic (exact) mass is 356 g/mol. The quantitative estimate of drug-likeness (QED) is 0.662. The third kappa shape index (κ3) is 4.46. The van der Waals surface area contributed by atoms with Crippen LogP contribution in [0.3, 0.4) is 0 Å². The van der Waals surface area contributed by atoms with Crippen LogP contribution < -0.4 is 0 Å². The van der Waals surface area contributed by atoms with Gasteiger partial charge in [-0.1, -0.05) is 50.5 Å². The molecule has 0 N–H and O–H groups in total. The van der Waals surface area contributed by atoms with Crippen LogP contribution in [0.4, 0.5) is 0 Å². The van der Waals surface area contributed by atoms with Crippen molar-refractivity contribution in [2.45, 2.75) is 64.8 Å². The smallest absolute Gasteiger partial charge is 0.242 e. The number of fused-ring (bicyclic) bond motifs is 1. The molecule has 0 radical (unpaired) electrons. The number of carbonyl (C=O) groups excluding carboxylic acids is 2. The number of unbranched alkanes of at least 4 members (excludes halogenated alkanes) is 3. The summed E-state index contributed by atoms with van der Waals surface area (Å²) in [6.45, 7) is 6.00. The molecule has 1 atom stereocenters. The zero-order chi connectivity index (χ0) is 18.5. The summed E-state index contributed by atoms with van der Waals surface area (Å²) in [5.74, 6) is 0.463. The highest BCUT2D eigenvalue weighted by Gasteiger charge is 2.35. The van der Waals surface area contributed by atoms with Crippen LogP contribution in [-0.4, -0.2) is 41.2 Å². The molecule has 2 amide bonds. The molecule has 1 aromatic carbocycles. The first-order valence-corrected chi connectivity index (χ1v) is 10.3. The van der Waals surface area contributed by atoms with Gasteiger partial charge in [-0.05, 0) is 43.7 Å². The van der Waals surface area contributed by atoms with Gasteiger partial charge in [0.05, 0.1) is 12.6 Å². The summed E-state index contributed by atoms with van der Waals surface area (Å²) in [6.07, 6.45) is 7.39. The average Bonchev–Trinajstić information content (AvgIpc) is 3.49. The van der Waals surface area contributed by atoms with Crippen molar-refractivity contribution in [3.8, 4) is 0 Å². The third-order valence-electron chi connectivity index (χ3n) is 5.76. The Hall–Kier alpha value is -1.84. The number of hydrogen-bond donors (Lipinski definition) is 0. The van der Waals surface area contributed by atoms with E-state index in [9.17, 15) is 9.59 Å². The molecule has 2 aliphatic rings. The van der Waals surface area contributed by atoms with Crippen LogP contribution in [-0.2, 0) is 16.0 Å². The lowest BCUT2D eigenvalue weighted by Gasteiger charge is -2.36. The minimum Gasteiger partial charge on any atom is -0.334 e. The normalized spacial score (nSPS) is 19.2. The highest BCUT2D eigenvalue weighted by atomic mass is 16.2. The molecule has 0 saturated heterocycles. The molecule has 1 aromatic rings. The molecule has 26 heavy (non-hydrogen) atoms. The van der Waals surface area contributed by atoms with Gasteiger partial charge in [0, 0.05) is 19.0 Å². The topological polar surface area (TPSA) is 40.6 Å². The Bertz CT molecular complexity index is 639. The van der Waals surface area contributed by atoms with E-state index < -0.39 is 0 Å². The molecule has 3 rings (SSSR count). The number of rotatable bonds is 8. The molecule has 4 heteroatoms. The second-order valence-corrected chi connectivity index (χ2v) is 7.81. The van der Waals surface area contributed by atoms with E-state index in [1.165, 1.54) is 24.0 Å². The second-order valence-electron chi connectivity index (χ2n) is 7.81. The van der Waals surface area contributed by atoms with E-state index in [1.807, 2.05) is 15.9 Å². The van der Waals surface area contributed by atoms with E-state index in [1.54, 1.807) is 0 Å². The fourth-order valence-corrected chi connectivity index (χ4v) is 3.95. The van der Waals surface area contributed by atoms with Crippen molar-refractivity contribution < 1.29 is 9.59 Å². The molecular formula is C22H32N2O2. The predicted octanol–water partition coefficient (Wildman–Crippen LogP) is 3.95. The number of benzene rings is 1. The lowest BCUT2D eigenvalue weighted by molar-refractivity contribution is -0.142. The lowest BCUT2D eigenvalue weighted by atomic mass is 9.93. The predicted molar refractivity (Wildman–Crippen MR) is 104 cm³/mol. The van der Waals surface area contributed by atoms with Crippen molar-refractivity contribution in [2.24, 2.45) is 5.92 Å². The van der Waals surface area contributed by atoms with Gasteiger partial charge in [-0.2, -0.15) is 0 Å². The molecule has 142 valence electrons. The standard InChI is InChI=1S/C22H32N2O2/c1-3-4-5-8-14-23(22(26)19-11-12-19)16-21(25)24-15-13-18-9-6-7-10-20(18)17(24)2/h6-7,9-10,17,19H,3-5,8,11-16H2,1-2H3. The van der Waals surface area contributed by atoms with Crippen LogP contribution in [0.15, 0.2) is 24.3 Å². The fraction of sp³-hybridized carbons (Fsp3) is 0.636. The first-order chi connectivity index (χ1) is 12.6. The molecule has 1 unspecified atom stereocenters. The fourth-order valence-electron chi connectivity index (χ4n) is 3.95. The van der Waals surface area contributed by atoms with E-state index in [0.717, 1.165) is 45.2 Å². The van der Waals surface area contributed by atoms with E-state index in [2.05, 4.69) is 32.0 Å². The van der Waals surface area contributed by atoms with E-state index in [0.29, 0.717) is 0 Å². The maximum atomic E-state index is 13.0. The van der Waals surface area contributed by atoms with Gasteiger partial charge in [-0.25, -0.2) is 0 Å². The molecular weight excluding hydrogens is 324 g/mol. The maximum Gasteiger partial charge on any atom is 0.242 e. The highest BCUT2D eigenvalue weighted by Crippen LogP contribution is 2.32. The number of hydrogen-bond acceptors (Lipinski definition) is 2. The van der Waals surface area contributed by atoms with Crippen molar-refractivity contribution in [3.63, 3.8) is 0 Å². The van der Waals surface area contributed by atoms with Crippen LogP contribution in [0.5, 0.6) is 0 Å². The molecule has 1 saturated carbocycles. The van der Waals surface area contributed by atoms with Crippen molar-refractivity contribution in [2.75, 3.05) is 19.6 Å². The first kappa shape index (κ1) is 18.9. The molecule has 1 heterocycles. The van der Waals surface area contributed by atoms with Gasteiger partial charge in [0.2, 0.25) is 11.8 Å². The van der Waals surface area contributed by atoms with Gasteiger partial charge in [0.1, 0.15) is 0 Å². The van der Waals surface area contributed by atoms with E-state index in [-0.39, 0.29) is 30.3 Å². The largest absolute Gasteiger partial charge is 0.334 e. The Morgan fingerprint density at radius 3 is 2.65 bits per heavy atom. The van der Waals surface area contributed by atoms with Crippen LogP contribution in [0, 0.1) is 5.92 Å². The number of carbonyl (C=O) groups is 2. The zero-order valence-electron chi connectivity index (χ0n) is 16.2. The molecule has 1 aliphatic carbocycles. The summed E-state index contributed by atoms with van der Waals surface area (Å²) in [4.78, 5) is 29.4. The van der Waals surface area contributed by atoms with E-state index in [4.69, 9.17) is 0 Å². The summed E-state index contributed by atoms with van der Waals surface area (Å²) >= 11 is 0. The zero-order valence-corrected chi connectivity index (χ0v) is 16.2. The van der Waals surface area contributed by atoms with Crippen molar-refractivity contribution in [1.29, 1.82) is 0 Å². The van der Waals surface area contributed by atoms with Crippen LogP contribution in [0.25, 0.3) is 0 Å². The number of nitrogens with zero attached hydrogens (tertiary/aromatic N) is 2. The van der Waals surface area contributed by atoms with Gasteiger partial charge in [-0.15, -0.1) is 0 Å².